The van der Waals surface area contributed by atoms with Crippen molar-refractivity contribution in [3.63, 3.8) is 0 Å². The van der Waals surface area contributed by atoms with Gasteiger partial charge in [-0.2, -0.15) is 0 Å². The van der Waals surface area contributed by atoms with Crippen LogP contribution in [-0.2, 0) is 4.74 Å². The minimum atomic E-state index is -0.410. The largest absolute Gasteiger partial charge is 0.462 e. The Hall–Kier alpha value is -2.64. The predicted octanol–water partition coefficient (Wildman–Crippen LogP) is 5.48. The van der Waals surface area contributed by atoms with Crippen molar-refractivity contribution >= 4 is 50.1 Å². The molecule has 0 saturated carbocycles. The number of benzene rings is 2. The summed E-state index contributed by atoms with van der Waals surface area (Å²) in [7, 11) is 0. The monoisotopic (exact) mass is 424 g/mol. The van der Waals surface area contributed by atoms with Crippen molar-refractivity contribution in [3.8, 4) is 0 Å². The van der Waals surface area contributed by atoms with E-state index in [9.17, 15) is 9.59 Å². The van der Waals surface area contributed by atoms with Crippen molar-refractivity contribution < 1.29 is 9.53 Å². The standard InChI is InChI=1S/C22H20N2O3S2/c1-4-27-22(26)18-12(2)17-20(25)23-19(24-21(17)29-18)13(3)28-16-10-9-14-7-5-6-8-15(14)11-16/h5-11,13H,4H2,1-3H3,(H,23,24,25)/t13-/m0/s1. The summed E-state index contributed by atoms with van der Waals surface area (Å²) in [6.07, 6.45) is 0. The first kappa shape index (κ1) is 19.7. The molecule has 0 aliphatic carbocycles. The average molecular weight is 425 g/mol. The van der Waals surface area contributed by atoms with Crippen LogP contribution in [0.2, 0.25) is 0 Å². The Labute approximate surface area is 176 Å². The van der Waals surface area contributed by atoms with E-state index in [0.29, 0.717) is 33.1 Å². The van der Waals surface area contributed by atoms with E-state index in [1.54, 1.807) is 25.6 Å². The maximum atomic E-state index is 12.7. The first-order valence-corrected chi connectivity index (χ1v) is 11.0. The van der Waals surface area contributed by atoms with Gasteiger partial charge in [-0.25, -0.2) is 9.78 Å². The fraction of sp³-hybridized carbons (Fsp3) is 0.227. The zero-order chi connectivity index (χ0) is 20.5. The molecule has 0 bridgehead atoms. The van der Waals surface area contributed by atoms with Crippen LogP contribution < -0.4 is 5.56 Å². The van der Waals surface area contributed by atoms with Gasteiger partial charge < -0.3 is 9.72 Å². The number of aryl methyl sites for hydroxylation is 1. The molecule has 0 fully saturated rings. The van der Waals surface area contributed by atoms with Gasteiger partial charge in [0.2, 0.25) is 0 Å². The number of hydrogen-bond acceptors (Lipinski definition) is 6. The van der Waals surface area contributed by atoms with Crippen molar-refractivity contribution in [2.45, 2.75) is 30.9 Å². The van der Waals surface area contributed by atoms with E-state index in [1.807, 2.05) is 19.1 Å². The first-order chi connectivity index (χ1) is 14.0. The number of thioether (sulfide) groups is 1. The molecule has 1 N–H and O–H groups in total. The van der Waals surface area contributed by atoms with Crippen molar-refractivity contribution in [3.05, 3.63) is 69.1 Å². The molecule has 0 spiro atoms. The minimum absolute atomic E-state index is 0.0540. The highest BCUT2D eigenvalue weighted by atomic mass is 32.2. The topological polar surface area (TPSA) is 72.0 Å². The van der Waals surface area contributed by atoms with Crippen molar-refractivity contribution in [1.29, 1.82) is 0 Å². The Kier molecular flexibility index (Phi) is 5.43. The van der Waals surface area contributed by atoms with Crippen LogP contribution in [0.15, 0.2) is 52.2 Å². The second kappa shape index (κ2) is 8.00. The van der Waals surface area contributed by atoms with Gasteiger partial charge in [0.05, 0.1) is 17.2 Å². The zero-order valence-corrected chi connectivity index (χ0v) is 17.9. The smallest absolute Gasteiger partial charge is 0.348 e. The molecule has 2 heterocycles. The third-order valence-electron chi connectivity index (χ3n) is 4.70. The van der Waals surface area contributed by atoms with Crippen LogP contribution in [0.1, 0.15) is 40.2 Å². The molecule has 0 unspecified atom stereocenters. The number of nitrogens with one attached hydrogen (secondary N) is 1. The zero-order valence-electron chi connectivity index (χ0n) is 16.3. The van der Waals surface area contributed by atoms with E-state index in [-0.39, 0.29) is 10.8 Å². The van der Waals surface area contributed by atoms with Gasteiger partial charge in [-0.15, -0.1) is 23.1 Å². The Morgan fingerprint density at radius 1 is 1.24 bits per heavy atom. The Morgan fingerprint density at radius 3 is 2.76 bits per heavy atom. The second-order valence-corrected chi connectivity index (χ2v) is 9.09. The maximum Gasteiger partial charge on any atom is 0.348 e. The van der Waals surface area contributed by atoms with Crippen LogP contribution in [0, 0.1) is 6.92 Å². The number of hydrogen-bond donors (Lipinski definition) is 1. The fourth-order valence-corrected chi connectivity index (χ4v) is 5.30. The maximum absolute atomic E-state index is 12.7. The lowest BCUT2D eigenvalue weighted by Gasteiger charge is -2.11. The number of nitrogens with zero attached hydrogens (tertiary/aromatic N) is 1. The molecule has 4 aromatic rings. The molecule has 0 saturated heterocycles. The van der Waals surface area contributed by atoms with Crippen LogP contribution in [0.4, 0.5) is 0 Å². The van der Waals surface area contributed by atoms with Crippen LogP contribution in [0.5, 0.6) is 0 Å². The number of H-pyrrole nitrogens is 1. The van der Waals surface area contributed by atoms with Gasteiger partial charge in [0.15, 0.2) is 0 Å². The van der Waals surface area contributed by atoms with Gasteiger partial charge in [-0.3, -0.25) is 4.79 Å². The summed E-state index contributed by atoms with van der Waals surface area (Å²) < 4.78 is 5.10. The lowest BCUT2D eigenvalue weighted by molar-refractivity contribution is 0.0531. The van der Waals surface area contributed by atoms with E-state index in [2.05, 4.69) is 40.3 Å². The average Bonchev–Trinajstić information content (AvgIpc) is 3.05. The molecular formula is C22H20N2O3S2. The molecule has 5 nitrogen and oxygen atoms in total. The summed E-state index contributed by atoms with van der Waals surface area (Å²) in [5, 5.41) is 2.78. The summed E-state index contributed by atoms with van der Waals surface area (Å²) in [5.74, 6) is 0.185. The number of ether oxygens (including phenoxy) is 1. The quantitative estimate of drug-likeness (QED) is 0.339. The molecule has 0 aliphatic rings. The van der Waals surface area contributed by atoms with Crippen LogP contribution in [0.3, 0.4) is 0 Å². The molecule has 29 heavy (non-hydrogen) atoms. The minimum Gasteiger partial charge on any atom is -0.462 e. The number of thiophene rings is 1. The highest BCUT2D eigenvalue weighted by molar-refractivity contribution is 7.99. The summed E-state index contributed by atoms with van der Waals surface area (Å²) in [5.41, 5.74) is 0.402. The predicted molar refractivity (Wildman–Crippen MR) is 119 cm³/mol. The fourth-order valence-electron chi connectivity index (χ4n) is 3.25. The van der Waals surface area contributed by atoms with E-state index in [0.717, 1.165) is 4.90 Å². The number of carbonyl (C=O) groups excluding carboxylic acids is 1. The molecular weight excluding hydrogens is 404 g/mol. The molecule has 4 rings (SSSR count). The van der Waals surface area contributed by atoms with E-state index >= 15 is 0 Å². The van der Waals surface area contributed by atoms with Crippen molar-refractivity contribution in [2.75, 3.05) is 6.61 Å². The summed E-state index contributed by atoms with van der Waals surface area (Å²) in [4.78, 5) is 34.5. The third kappa shape index (κ3) is 3.80. The Bertz CT molecular complexity index is 1280. The van der Waals surface area contributed by atoms with Crippen LogP contribution in [0.25, 0.3) is 21.0 Å². The number of fused-ring (bicyclic) bond motifs is 2. The first-order valence-electron chi connectivity index (χ1n) is 9.33. The van der Waals surface area contributed by atoms with Crippen molar-refractivity contribution in [1.82, 2.24) is 9.97 Å². The molecule has 2 aromatic carbocycles. The SMILES string of the molecule is CCOC(=O)c1sc2nc([C@H](C)Sc3ccc4ccccc4c3)[nH]c(=O)c2c1C. The number of rotatable bonds is 5. The number of carbonyl (C=O) groups is 1. The highest BCUT2D eigenvalue weighted by Crippen LogP contribution is 2.36. The molecule has 2 aromatic heterocycles. The molecule has 1 atom stereocenters. The lowest BCUT2D eigenvalue weighted by atomic mass is 10.1. The van der Waals surface area contributed by atoms with Gasteiger partial charge in [0, 0.05) is 4.90 Å². The van der Waals surface area contributed by atoms with Gasteiger partial charge in [0.1, 0.15) is 15.5 Å². The lowest BCUT2D eigenvalue weighted by Crippen LogP contribution is -2.12. The van der Waals surface area contributed by atoms with Gasteiger partial charge in [-0.05, 0) is 49.2 Å². The van der Waals surface area contributed by atoms with Crippen LogP contribution in [-0.4, -0.2) is 22.5 Å². The van der Waals surface area contributed by atoms with Crippen molar-refractivity contribution in [2.24, 2.45) is 0 Å². The van der Waals surface area contributed by atoms with E-state index in [1.165, 1.54) is 22.1 Å². The van der Waals surface area contributed by atoms with Gasteiger partial charge >= 0.3 is 5.97 Å². The normalized spacial score (nSPS) is 12.4. The van der Waals surface area contributed by atoms with Gasteiger partial charge in [-0.1, -0.05) is 30.3 Å². The molecule has 7 heteroatoms. The third-order valence-corrected chi connectivity index (χ3v) is 6.97. The van der Waals surface area contributed by atoms with Gasteiger partial charge in [0.25, 0.3) is 5.56 Å². The highest BCUT2D eigenvalue weighted by Gasteiger charge is 2.21. The second-order valence-electron chi connectivity index (χ2n) is 6.68. The molecule has 148 valence electrons. The van der Waals surface area contributed by atoms with Crippen LogP contribution >= 0.6 is 23.1 Å². The summed E-state index contributed by atoms with van der Waals surface area (Å²) in [6.45, 7) is 5.82. The van der Waals surface area contributed by atoms with E-state index < -0.39 is 5.97 Å². The summed E-state index contributed by atoms with van der Waals surface area (Å²) >= 11 is 2.85. The number of aromatic nitrogens is 2. The molecule has 0 amide bonds. The molecule has 0 aliphatic heterocycles. The number of esters is 1. The molecule has 0 radical (unpaired) electrons. The number of aromatic amines is 1. The Balaban J connectivity index is 1.67. The van der Waals surface area contributed by atoms with E-state index in [4.69, 9.17) is 4.74 Å². The Morgan fingerprint density at radius 2 is 2.00 bits per heavy atom. The summed E-state index contributed by atoms with van der Waals surface area (Å²) in [6, 6.07) is 14.5.